The van der Waals surface area contributed by atoms with E-state index in [2.05, 4.69) is 10.3 Å². The zero-order valence-corrected chi connectivity index (χ0v) is 11.5. The molecule has 0 aliphatic rings. The first-order chi connectivity index (χ1) is 10.1. The van der Waals surface area contributed by atoms with E-state index in [4.69, 9.17) is 10.2 Å². The van der Waals surface area contributed by atoms with Crippen LogP contribution in [0.15, 0.2) is 30.5 Å². The van der Waals surface area contributed by atoms with Crippen LogP contribution in [0.25, 0.3) is 10.9 Å². The average Bonchev–Trinajstić information content (AvgIpc) is 2.88. The summed E-state index contributed by atoms with van der Waals surface area (Å²) in [5.74, 6) is -1.47. The third-order valence-electron chi connectivity index (χ3n) is 3.35. The van der Waals surface area contributed by atoms with Gasteiger partial charge in [0, 0.05) is 36.5 Å². The summed E-state index contributed by atoms with van der Waals surface area (Å²) in [6.45, 7) is -0.278. The molecule has 1 atom stereocenters. The van der Waals surface area contributed by atoms with Crippen LogP contribution >= 0.6 is 0 Å². The van der Waals surface area contributed by atoms with Crippen LogP contribution < -0.4 is 5.32 Å². The van der Waals surface area contributed by atoms with E-state index >= 15 is 0 Å². The number of amides is 1. The number of carboxylic acids is 1. The average molecular weight is 290 g/mol. The van der Waals surface area contributed by atoms with Gasteiger partial charge in [0.1, 0.15) is 6.04 Å². The Morgan fingerprint density at radius 1 is 1.29 bits per heavy atom. The molecule has 0 bridgehead atoms. The number of carbonyl (C=O) groups excluding carboxylic acids is 1. The molecule has 6 nitrogen and oxygen atoms in total. The fourth-order valence-corrected chi connectivity index (χ4v) is 2.24. The monoisotopic (exact) mass is 290 g/mol. The summed E-state index contributed by atoms with van der Waals surface area (Å²) in [6.07, 6.45) is 2.60. The lowest BCUT2D eigenvalue weighted by Gasteiger charge is -2.12. The summed E-state index contributed by atoms with van der Waals surface area (Å²) in [4.78, 5) is 25.8. The lowest BCUT2D eigenvalue weighted by molar-refractivity contribution is -0.142. The van der Waals surface area contributed by atoms with E-state index < -0.39 is 12.0 Å². The predicted octanol–water partition coefficient (Wildman–Crippen LogP) is 1.05. The maximum absolute atomic E-state index is 11.8. The van der Waals surface area contributed by atoms with E-state index in [1.807, 2.05) is 30.5 Å². The highest BCUT2D eigenvalue weighted by Gasteiger charge is 2.19. The zero-order chi connectivity index (χ0) is 15.2. The van der Waals surface area contributed by atoms with Crippen molar-refractivity contribution in [2.24, 2.45) is 0 Å². The minimum absolute atomic E-state index is 0.00809. The first-order valence-corrected chi connectivity index (χ1v) is 6.80. The number of nitrogens with one attached hydrogen (secondary N) is 2. The first kappa shape index (κ1) is 15.1. The van der Waals surface area contributed by atoms with Gasteiger partial charge in [0.25, 0.3) is 0 Å². The van der Waals surface area contributed by atoms with Gasteiger partial charge in [-0.1, -0.05) is 18.2 Å². The predicted molar refractivity (Wildman–Crippen MR) is 77.9 cm³/mol. The van der Waals surface area contributed by atoms with E-state index in [0.717, 1.165) is 16.5 Å². The molecule has 1 aromatic heterocycles. The van der Waals surface area contributed by atoms with E-state index in [0.29, 0.717) is 6.42 Å². The molecule has 6 heteroatoms. The molecule has 112 valence electrons. The lowest BCUT2D eigenvalue weighted by atomic mass is 10.1. The minimum Gasteiger partial charge on any atom is -0.480 e. The topological polar surface area (TPSA) is 102 Å². The first-order valence-electron chi connectivity index (χ1n) is 6.80. The molecule has 0 saturated carbocycles. The number of aliphatic hydroxyl groups is 1. The highest BCUT2D eigenvalue weighted by Crippen LogP contribution is 2.18. The van der Waals surface area contributed by atoms with Crippen molar-refractivity contribution in [3.8, 4) is 0 Å². The van der Waals surface area contributed by atoms with E-state index in [9.17, 15) is 9.59 Å². The number of H-pyrrole nitrogens is 1. The SMILES string of the molecule is O=C(CCc1c[nH]c2ccccc12)N[C@H](CCO)C(=O)O. The van der Waals surface area contributed by atoms with E-state index in [1.54, 1.807) is 0 Å². The van der Waals surface area contributed by atoms with Crippen LogP contribution in [0, 0.1) is 0 Å². The summed E-state index contributed by atoms with van der Waals surface area (Å²) in [7, 11) is 0. The van der Waals surface area contributed by atoms with Gasteiger partial charge in [-0.25, -0.2) is 4.79 Å². The molecule has 0 aliphatic heterocycles. The molecule has 2 aromatic rings. The van der Waals surface area contributed by atoms with Gasteiger partial charge in [0.2, 0.25) is 5.91 Å². The number of aliphatic carboxylic acids is 1. The molecule has 0 saturated heterocycles. The number of aromatic amines is 1. The van der Waals surface area contributed by atoms with Crippen LogP contribution in [0.2, 0.25) is 0 Å². The third kappa shape index (κ3) is 3.82. The van der Waals surface area contributed by atoms with Crippen molar-refractivity contribution in [1.29, 1.82) is 0 Å². The standard InChI is InChI=1S/C15H18N2O4/c18-8-7-13(15(20)21)17-14(19)6-5-10-9-16-12-4-2-1-3-11(10)12/h1-4,9,13,16,18H,5-8H2,(H,17,19)(H,20,21)/t13-/m1/s1. The smallest absolute Gasteiger partial charge is 0.326 e. The van der Waals surface area contributed by atoms with Crippen molar-refractivity contribution in [2.75, 3.05) is 6.61 Å². The highest BCUT2D eigenvalue weighted by atomic mass is 16.4. The van der Waals surface area contributed by atoms with Crippen molar-refractivity contribution < 1.29 is 19.8 Å². The maximum Gasteiger partial charge on any atom is 0.326 e. The molecule has 1 heterocycles. The number of aliphatic hydroxyl groups excluding tert-OH is 1. The number of carbonyl (C=O) groups is 2. The Bertz CT molecular complexity index is 635. The summed E-state index contributed by atoms with van der Waals surface area (Å²) < 4.78 is 0. The Labute approximate surface area is 121 Å². The molecule has 2 rings (SSSR count). The maximum atomic E-state index is 11.8. The second-order valence-corrected chi connectivity index (χ2v) is 4.83. The molecule has 0 aliphatic carbocycles. The van der Waals surface area contributed by atoms with Crippen molar-refractivity contribution >= 4 is 22.8 Å². The largest absolute Gasteiger partial charge is 0.480 e. The van der Waals surface area contributed by atoms with Crippen molar-refractivity contribution in [2.45, 2.75) is 25.3 Å². The number of benzene rings is 1. The van der Waals surface area contributed by atoms with Gasteiger partial charge in [0.15, 0.2) is 0 Å². The fourth-order valence-electron chi connectivity index (χ4n) is 2.24. The van der Waals surface area contributed by atoms with Crippen molar-refractivity contribution in [1.82, 2.24) is 10.3 Å². The van der Waals surface area contributed by atoms with Gasteiger partial charge >= 0.3 is 5.97 Å². The number of aromatic nitrogens is 1. The molecule has 0 unspecified atom stereocenters. The quantitative estimate of drug-likeness (QED) is 0.612. The Kier molecular flexibility index (Phi) is 4.94. The Morgan fingerprint density at radius 3 is 2.76 bits per heavy atom. The number of para-hydroxylation sites is 1. The summed E-state index contributed by atoms with van der Waals surface area (Å²) in [5.41, 5.74) is 2.03. The molecule has 0 spiro atoms. The lowest BCUT2D eigenvalue weighted by Crippen LogP contribution is -2.41. The fraction of sp³-hybridized carbons (Fsp3) is 0.333. The Morgan fingerprint density at radius 2 is 2.05 bits per heavy atom. The van der Waals surface area contributed by atoms with Gasteiger partial charge in [-0.15, -0.1) is 0 Å². The third-order valence-corrected chi connectivity index (χ3v) is 3.35. The second kappa shape index (κ2) is 6.90. The number of hydrogen-bond acceptors (Lipinski definition) is 3. The van der Waals surface area contributed by atoms with E-state index in [-0.39, 0.29) is 25.4 Å². The summed E-state index contributed by atoms with van der Waals surface area (Å²) >= 11 is 0. The van der Waals surface area contributed by atoms with Crippen LogP contribution in [-0.4, -0.2) is 39.7 Å². The summed E-state index contributed by atoms with van der Waals surface area (Å²) in [5, 5.41) is 21.2. The molecule has 1 aromatic carbocycles. The number of rotatable bonds is 7. The van der Waals surface area contributed by atoms with Crippen molar-refractivity contribution in [3.05, 3.63) is 36.0 Å². The van der Waals surface area contributed by atoms with Crippen LogP contribution in [-0.2, 0) is 16.0 Å². The molecule has 1 amide bonds. The molecular formula is C15H18N2O4. The van der Waals surface area contributed by atoms with Gasteiger partial charge in [0.05, 0.1) is 0 Å². The van der Waals surface area contributed by atoms with Gasteiger partial charge < -0.3 is 20.5 Å². The minimum atomic E-state index is -1.13. The molecule has 0 radical (unpaired) electrons. The van der Waals surface area contributed by atoms with Crippen molar-refractivity contribution in [3.63, 3.8) is 0 Å². The molecule has 0 fully saturated rings. The van der Waals surface area contributed by atoms with E-state index in [1.165, 1.54) is 0 Å². The molecular weight excluding hydrogens is 272 g/mol. The molecule has 21 heavy (non-hydrogen) atoms. The highest BCUT2D eigenvalue weighted by molar-refractivity contribution is 5.85. The Balaban J connectivity index is 1.93. The van der Waals surface area contributed by atoms with Crippen LogP contribution in [0.4, 0.5) is 0 Å². The van der Waals surface area contributed by atoms with Gasteiger partial charge in [-0.05, 0) is 18.1 Å². The number of carboxylic acid groups (broad SMARTS) is 1. The zero-order valence-electron chi connectivity index (χ0n) is 11.5. The number of fused-ring (bicyclic) bond motifs is 1. The number of hydrogen-bond donors (Lipinski definition) is 4. The number of aryl methyl sites for hydroxylation is 1. The van der Waals surface area contributed by atoms with Crippen LogP contribution in [0.3, 0.4) is 0 Å². The second-order valence-electron chi connectivity index (χ2n) is 4.83. The van der Waals surface area contributed by atoms with Gasteiger partial charge in [-0.2, -0.15) is 0 Å². The van der Waals surface area contributed by atoms with Crippen LogP contribution in [0.1, 0.15) is 18.4 Å². The molecule has 4 N–H and O–H groups in total. The van der Waals surface area contributed by atoms with Crippen LogP contribution in [0.5, 0.6) is 0 Å². The normalized spacial score (nSPS) is 12.2. The summed E-state index contributed by atoms with van der Waals surface area (Å²) in [6, 6.07) is 6.76. The Hall–Kier alpha value is -2.34. The van der Waals surface area contributed by atoms with Gasteiger partial charge in [-0.3, -0.25) is 4.79 Å².